The predicted molar refractivity (Wildman–Crippen MR) is 67.8 cm³/mol. The molecule has 17 heavy (non-hydrogen) atoms. The van der Waals surface area contributed by atoms with Crippen LogP contribution in [0.2, 0.25) is 0 Å². The Kier molecular flexibility index (Phi) is 3.67. The molecule has 0 aliphatic carbocycles. The number of aliphatic hydroxyl groups excluding tert-OH is 1. The number of hydrogen-bond acceptors (Lipinski definition) is 4. The lowest BCUT2D eigenvalue weighted by Gasteiger charge is -2.06. The van der Waals surface area contributed by atoms with Gasteiger partial charge in [0.25, 0.3) is 0 Å². The highest BCUT2D eigenvalue weighted by atomic mass is 16.3. The summed E-state index contributed by atoms with van der Waals surface area (Å²) in [5.74, 6) is 0.677. The summed E-state index contributed by atoms with van der Waals surface area (Å²) in [6, 6.07) is 11.9. The van der Waals surface area contributed by atoms with Gasteiger partial charge in [-0.05, 0) is 24.6 Å². The Morgan fingerprint density at radius 1 is 1.12 bits per heavy atom. The average molecular weight is 229 g/mol. The number of aliphatic hydroxyl groups is 1. The van der Waals surface area contributed by atoms with Crippen molar-refractivity contribution in [2.24, 2.45) is 0 Å². The second kappa shape index (κ2) is 5.41. The largest absolute Gasteiger partial charge is 0.395 e. The standard InChI is InChI=1S/C13H15N3O/c1-10-4-2-3-5-11(10)12-6-7-13(16-15-12)14-8-9-17/h2-7,17H,8-9H2,1H3,(H,14,16). The van der Waals surface area contributed by atoms with E-state index in [0.717, 1.165) is 11.3 Å². The van der Waals surface area contributed by atoms with E-state index in [1.165, 1.54) is 5.56 Å². The smallest absolute Gasteiger partial charge is 0.148 e. The van der Waals surface area contributed by atoms with E-state index in [4.69, 9.17) is 5.11 Å². The van der Waals surface area contributed by atoms with Crippen LogP contribution in [0.25, 0.3) is 11.3 Å². The second-order valence-electron chi connectivity index (χ2n) is 3.77. The lowest BCUT2D eigenvalue weighted by Crippen LogP contribution is -2.07. The third-order valence-corrected chi connectivity index (χ3v) is 2.50. The number of benzene rings is 1. The Balaban J connectivity index is 2.21. The molecular formula is C13H15N3O. The number of rotatable bonds is 4. The van der Waals surface area contributed by atoms with Crippen LogP contribution in [-0.4, -0.2) is 28.5 Å². The van der Waals surface area contributed by atoms with Crippen LogP contribution in [0, 0.1) is 6.92 Å². The summed E-state index contributed by atoms with van der Waals surface area (Å²) in [4.78, 5) is 0. The number of anilines is 1. The molecule has 0 unspecified atom stereocenters. The molecule has 4 nitrogen and oxygen atoms in total. The molecule has 0 amide bonds. The molecule has 88 valence electrons. The van der Waals surface area contributed by atoms with Crippen molar-refractivity contribution >= 4 is 5.82 Å². The monoisotopic (exact) mass is 229 g/mol. The molecule has 1 heterocycles. The third-order valence-electron chi connectivity index (χ3n) is 2.50. The fourth-order valence-corrected chi connectivity index (χ4v) is 1.61. The van der Waals surface area contributed by atoms with Gasteiger partial charge in [0.2, 0.25) is 0 Å². The first kappa shape index (κ1) is 11.5. The zero-order valence-corrected chi connectivity index (χ0v) is 9.72. The first-order chi connectivity index (χ1) is 8.31. The topological polar surface area (TPSA) is 58.0 Å². The minimum atomic E-state index is 0.0845. The van der Waals surface area contributed by atoms with Gasteiger partial charge in [0.15, 0.2) is 0 Å². The molecule has 0 aliphatic heterocycles. The zero-order chi connectivity index (χ0) is 12.1. The lowest BCUT2D eigenvalue weighted by molar-refractivity contribution is 0.311. The summed E-state index contributed by atoms with van der Waals surface area (Å²) in [6.45, 7) is 2.62. The fourth-order valence-electron chi connectivity index (χ4n) is 1.61. The van der Waals surface area contributed by atoms with Crippen molar-refractivity contribution in [2.75, 3.05) is 18.5 Å². The highest BCUT2D eigenvalue weighted by molar-refractivity contribution is 5.63. The zero-order valence-electron chi connectivity index (χ0n) is 9.72. The summed E-state index contributed by atoms with van der Waals surface area (Å²) in [6.07, 6.45) is 0. The Morgan fingerprint density at radius 3 is 2.59 bits per heavy atom. The van der Waals surface area contributed by atoms with Crippen molar-refractivity contribution in [1.29, 1.82) is 0 Å². The maximum Gasteiger partial charge on any atom is 0.148 e. The number of nitrogens with one attached hydrogen (secondary N) is 1. The van der Waals surface area contributed by atoms with Crippen LogP contribution in [0.15, 0.2) is 36.4 Å². The van der Waals surface area contributed by atoms with Gasteiger partial charge in [-0.3, -0.25) is 0 Å². The summed E-state index contributed by atoms with van der Waals surface area (Å²) < 4.78 is 0. The predicted octanol–water partition coefficient (Wildman–Crippen LogP) is 1.86. The van der Waals surface area contributed by atoms with E-state index in [9.17, 15) is 0 Å². The van der Waals surface area contributed by atoms with E-state index in [0.29, 0.717) is 12.4 Å². The minimum Gasteiger partial charge on any atom is -0.395 e. The number of aromatic nitrogens is 2. The van der Waals surface area contributed by atoms with Crippen molar-refractivity contribution in [2.45, 2.75) is 6.92 Å². The van der Waals surface area contributed by atoms with Crippen LogP contribution in [-0.2, 0) is 0 Å². The van der Waals surface area contributed by atoms with Gasteiger partial charge < -0.3 is 10.4 Å². The molecule has 1 aromatic heterocycles. The molecule has 0 saturated heterocycles. The van der Waals surface area contributed by atoms with E-state index in [1.807, 2.05) is 30.3 Å². The second-order valence-corrected chi connectivity index (χ2v) is 3.77. The molecule has 0 aliphatic rings. The Labute approximate surface area is 100 Å². The van der Waals surface area contributed by atoms with E-state index in [1.54, 1.807) is 0 Å². The van der Waals surface area contributed by atoms with Crippen LogP contribution in [0.4, 0.5) is 5.82 Å². The molecule has 2 rings (SSSR count). The van der Waals surface area contributed by atoms with Gasteiger partial charge in [0, 0.05) is 12.1 Å². The molecule has 0 atom stereocenters. The molecule has 0 saturated carbocycles. The molecule has 0 radical (unpaired) electrons. The molecule has 0 bridgehead atoms. The maximum absolute atomic E-state index is 8.69. The molecule has 4 heteroatoms. The van der Waals surface area contributed by atoms with Crippen LogP contribution in [0.3, 0.4) is 0 Å². The molecule has 2 aromatic rings. The highest BCUT2D eigenvalue weighted by Crippen LogP contribution is 2.20. The van der Waals surface area contributed by atoms with Crippen LogP contribution >= 0.6 is 0 Å². The summed E-state index contributed by atoms with van der Waals surface area (Å²) in [5.41, 5.74) is 3.13. The summed E-state index contributed by atoms with van der Waals surface area (Å²) in [5, 5.41) is 19.9. The first-order valence-electron chi connectivity index (χ1n) is 5.56. The van der Waals surface area contributed by atoms with Crippen molar-refractivity contribution in [3.05, 3.63) is 42.0 Å². The highest BCUT2D eigenvalue weighted by Gasteiger charge is 2.03. The van der Waals surface area contributed by atoms with E-state index in [2.05, 4.69) is 28.5 Å². The van der Waals surface area contributed by atoms with Gasteiger partial charge in [0.1, 0.15) is 5.82 Å². The van der Waals surface area contributed by atoms with E-state index >= 15 is 0 Å². The Bertz CT molecular complexity index is 482. The molecular weight excluding hydrogens is 214 g/mol. The first-order valence-corrected chi connectivity index (χ1v) is 5.56. The Hall–Kier alpha value is -1.94. The van der Waals surface area contributed by atoms with Crippen molar-refractivity contribution in [1.82, 2.24) is 10.2 Å². The van der Waals surface area contributed by atoms with Crippen LogP contribution in [0.1, 0.15) is 5.56 Å². The fraction of sp³-hybridized carbons (Fsp3) is 0.231. The molecule has 1 aromatic carbocycles. The molecule has 2 N–H and O–H groups in total. The molecule has 0 fully saturated rings. The number of aryl methyl sites for hydroxylation is 1. The van der Waals surface area contributed by atoms with Crippen LogP contribution in [0.5, 0.6) is 0 Å². The summed E-state index contributed by atoms with van der Waals surface area (Å²) in [7, 11) is 0. The van der Waals surface area contributed by atoms with Gasteiger partial charge in [-0.25, -0.2) is 0 Å². The SMILES string of the molecule is Cc1ccccc1-c1ccc(NCCO)nn1. The third kappa shape index (κ3) is 2.79. The van der Waals surface area contributed by atoms with Gasteiger partial charge in [0.05, 0.1) is 12.3 Å². The number of hydrogen-bond donors (Lipinski definition) is 2. The van der Waals surface area contributed by atoms with Crippen molar-refractivity contribution in [3.8, 4) is 11.3 Å². The quantitative estimate of drug-likeness (QED) is 0.840. The van der Waals surface area contributed by atoms with E-state index < -0.39 is 0 Å². The van der Waals surface area contributed by atoms with Gasteiger partial charge in [-0.1, -0.05) is 24.3 Å². The minimum absolute atomic E-state index is 0.0845. The van der Waals surface area contributed by atoms with Gasteiger partial charge >= 0.3 is 0 Å². The normalized spacial score (nSPS) is 10.2. The van der Waals surface area contributed by atoms with Gasteiger partial charge in [-0.2, -0.15) is 0 Å². The number of nitrogens with zero attached hydrogens (tertiary/aromatic N) is 2. The lowest BCUT2D eigenvalue weighted by atomic mass is 10.1. The maximum atomic E-state index is 8.69. The molecule has 0 spiro atoms. The Morgan fingerprint density at radius 2 is 1.94 bits per heavy atom. The van der Waals surface area contributed by atoms with Gasteiger partial charge in [-0.15, -0.1) is 10.2 Å². The van der Waals surface area contributed by atoms with Crippen molar-refractivity contribution < 1.29 is 5.11 Å². The van der Waals surface area contributed by atoms with Crippen LogP contribution < -0.4 is 5.32 Å². The summed E-state index contributed by atoms with van der Waals surface area (Å²) >= 11 is 0. The average Bonchev–Trinajstić information content (AvgIpc) is 2.38. The van der Waals surface area contributed by atoms with E-state index in [-0.39, 0.29) is 6.61 Å². The van der Waals surface area contributed by atoms with Crippen molar-refractivity contribution in [3.63, 3.8) is 0 Å².